The van der Waals surface area contributed by atoms with Gasteiger partial charge in [0.05, 0.1) is 14.9 Å². The second kappa shape index (κ2) is 5.62. The molecule has 10 heteroatoms. The molecule has 1 aromatic rings. The average Bonchev–Trinajstić information content (AvgIpc) is 2.76. The predicted molar refractivity (Wildman–Crippen MR) is 83.9 cm³/mol. The van der Waals surface area contributed by atoms with Gasteiger partial charge in [0, 0.05) is 13.1 Å². The van der Waals surface area contributed by atoms with Gasteiger partial charge in [-0.15, -0.1) is 0 Å². The van der Waals surface area contributed by atoms with Gasteiger partial charge in [-0.2, -0.15) is 4.31 Å². The highest BCUT2D eigenvalue weighted by Crippen LogP contribution is 2.31. The summed E-state index contributed by atoms with van der Waals surface area (Å²) in [7, 11) is -3.73. The summed E-state index contributed by atoms with van der Waals surface area (Å²) in [6, 6.07) is 3.56. The largest absolute Gasteiger partial charge is 0.323 e. The Morgan fingerprint density at radius 3 is 2.26 bits per heavy atom. The number of hydrogen-bond acceptors (Lipinski definition) is 4. The van der Waals surface area contributed by atoms with Gasteiger partial charge in [-0.1, -0.05) is 23.2 Å². The summed E-state index contributed by atoms with van der Waals surface area (Å²) in [6.45, 7) is 0.243. The van der Waals surface area contributed by atoms with E-state index in [-0.39, 0.29) is 40.9 Å². The molecule has 1 spiro atoms. The topological polar surface area (TPSA) is 95.6 Å². The number of amides is 3. The maximum Gasteiger partial charge on any atom is 0.322 e. The van der Waals surface area contributed by atoms with Crippen LogP contribution in [0.1, 0.15) is 12.8 Å². The molecular weight excluding hydrogens is 365 g/mol. The summed E-state index contributed by atoms with van der Waals surface area (Å²) < 4.78 is 26.5. The summed E-state index contributed by atoms with van der Waals surface area (Å²) in [4.78, 5) is 23.2. The van der Waals surface area contributed by atoms with Gasteiger partial charge in [0.2, 0.25) is 10.0 Å². The highest BCUT2D eigenvalue weighted by molar-refractivity contribution is 7.89. The first-order chi connectivity index (χ1) is 10.7. The Balaban J connectivity index is 1.80. The lowest BCUT2D eigenvalue weighted by molar-refractivity contribution is -0.125. The van der Waals surface area contributed by atoms with Gasteiger partial charge in [-0.25, -0.2) is 13.2 Å². The molecule has 0 aliphatic carbocycles. The SMILES string of the molecule is O=C1NC(=O)C2(CCN(S(=O)(=O)c3ccc(Cl)c(Cl)c3)CC2)N1. The third kappa shape index (κ3) is 2.80. The van der Waals surface area contributed by atoms with Gasteiger partial charge in [-0.3, -0.25) is 10.1 Å². The molecule has 2 N–H and O–H groups in total. The summed E-state index contributed by atoms with van der Waals surface area (Å²) in [6.07, 6.45) is 0.427. The number of piperidine rings is 1. The summed E-state index contributed by atoms with van der Waals surface area (Å²) in [5.41, 5.74) is -1.01. The normalized spacial score (nSPS) is 21.3. The van der Waals surface area contributed by atoms with Crippen LogP contribution in [0.25, 0.3) is 0 Å². The van der Waals surface area contributed by atoms with E-state index in [0.29, 0.717) is 0 Å². The van der Waals surface area contributed by atoms with Crippen LogP contribution in [0.3, 0.4) is 0 Å². The van der Waals surface area contributed by atoms with Crippen LogP contribution in [0.15, 0.2) is 23.1 Å². The minimum absolute atomic E-state index is 0.0442. The molecular formula is C13H13Cl2N3O4S. The van der Waals surface area contributed by atoms with Crippen LogP contribution in [0, 0.1) is 0 Å². The molecule has 7 nitrogen and oxygen atoms in total. The van der Waals surface area contributed by atoms with E-state index in [1.807, 2.05) is 0 Å². The van der Waals surface area contributed by atoms with Crippen LogP contribution in [-0.4, -0.2) is 43.3 Å². The van der Waals surface area contributed by atoms with Crippen molar-refractivity contribution in [3.8, 4) is 0 Å². The van der Waals surface area contributed by atoms with E-state index in [1.165, 1.54) is 22.5 Å². The first kappa shape index (κ1) is 16.5. The van der Waals surface area contributed by atoms with Crippen molar-refractivity contribution in [1.29, 1.82) is 0 Å². The quantitative estimate of drug-likeness (QED) is 0.760. The molecule has 2 aliphatic rings. The summed E-state index contributed by atoms with van der Waals surface area (Å²) in [5.74, 6) is -0.408. The minimum Gasteiger partial charge on any atom is -0.323 e. The number of urea groups is 1. The van der Waals surface area contributed by atoms with Gasteiger partial charge < -0.3 is 5.32 Å². The third-order valence-electron chi connectivity index (χ3n) is 4.12. The number of benzene rings is 1. The molecule has 2 saturated heterocycles. The number of rotatable bonds is 2. The molecule has 0 bridgehead atoms. The molecule has 3 rings (SSSR count). The monoisotopic (exact) mass is 377 g/mol. The number of nitrogens with one attached hydrogen (secondary N) is 2. The Kier molecular flexibility index (Phi) is 4.04. The van der Waals surface area contributed by atoms with E-state index in [9.17, 15) is 18.0 Å². The van der Waals surface area contributed by atoms with Crippen molar-refractivity contribution in [2.75, 3.05) is 13.1 Å². The number of imide groups is 1. The molecule has 23 heavy (non-hydrogen) atoms. The fourth-order valence-electron chi connectivity index (χ4n) is 2.77. The number of nitrogens with zero attached hydrogens (tertiary/aromatic N) is 1. The number of carbonyl (C=O) groups excluding carboxylic acids is 2. The fourth-order valence-corrected chi connectivity index (χ4v) is 4.61. The highest BCUT2D eigenvalue weighted by atomic mass is 35.5. The van der Waals surface area contributed by atoms with Crippen LogP contribution < -0.4 is 10.6 Å². The molecule has 0 unspecified atom stereocenters. The lowest BCUT2D eigenvalue weighted by Gasteiger charge is -2.36. The molecule has 0 radical (unpaired) electrons. The maximum absolute atomic E-state index is 12.6. The Hall–Kier alpha value is -1.35. The Morgan fingerprint density at radius 2 is 1.74 bits per heavy atom. The Labute approximate surface area is 143 Å². The minimum atomic E-state index is -3.73. The zero-order valence-corrected chi connectivity index (χ0v) is 14.1. The van der Waals surface area contributed by atoms with Crippen LogP contribution in [0.5, 0.6) is 0 Å². The van der Waals surface area contributed by atoms with Gasteiger partial charge in [0.15, 0.2) is 0 Å². The maximum atomic E-state index is 12.6. The van der Waals surface area contributed by atoms with E-state index in [0.717, 1.165) is 0 Å². The van der Waals surface area contributed by atoms with Crippen LogP contribution in [0.4, 0.5) is 4.79 Å². The van der Waals surface area contributed by atoms with Crippen molar-refractivity contribution < 1.29 is 18.0 Å². The average molecular weight is 378 g/mol. The predicted octanol–water partition coefficient (Wildman–Crippen LogP) is 1.36. The smallest absolute Gasteiger partial charge is 0.322 e. The number of carbonyl (C=O) groups is 2. The Morgan fingerprint density at radius 1 is 1.09 bits per heavy atom. The number of hydrogen-bond donors (Lipinski definition) is 2. The molecule has 0 atom stereocenters. The molecule has 2 aliphatic heterocycles. The number of halogens is 2. The molecule has 2 fully saturated rings. The van der Waals surface area contributed by atoms with Crippen LogP contribution in [-0.2, 0) is 14.8 Å². The second-order valence-electron chi connectivity index (χ2n) is 5.47. The second-order valence-corrected chi connectivity index (χ2v) is 8.22. The molecule has 0 saturated carbocycles. The summed E-state index contributed by atoms with van der Waals surface area (Å²) >= 11 is 11.7. The van der Waals surface area contributed by atoms with E-state index in [4.69, 9.17) is 23.2 Å². The fraction of sp³-hybridized carbons (Fsp3) is 0.385. The third-order valence-corrected chi connectivity index (χ3v) is 6.75. The van der Waals surface area contributed by atoms with Gasteiger partial charge in [-0.05, 0) is 31.0 Å². The van der Waals surface area contributed by atoms with Gasteiger partial charge in [0.25, 0.3) is 5.91 Å². The number of sulfonamides is 1. The molecule has 2 heterocycles. The summed E-state index contributed by atoms with van der Waals surface area (Å²) in [5, 5.41) is 5.20. The van der Waals surface area contributed by atoms with Crippen molar-refractivity contribution in [3.63, 3.8) is 0 Å². The van der Waals surface area contributed by atoms with Crippen molar-refractivity contribution >= 4 is 45.2 Å². The van der Waals surface area contributed by atoms with Crippen molar-refractivity contribution in [3.05, 3.63) is 28.2 Å². The zero-order valence-electron chi connectivity index (χ0n) is 11.8. The highest BCUT2D eigenvalue weighted by Gasteiger charge is 2.49. The Bertz CT molecular complexity index is 788. The van der Waals surface area contributed by atoms with Crippen molar-refractivity contribution in [1.82, 2.24) is 14.9 Å². The lowest BCUT2D eigenvalue weighted by Crippen LogP contribution is -2.55. The van der Waals surface area contributed by atoms with E-state index in [2.05, 4.69) is 10.6 Å². The zero-order chi connectivity index (χ0) is 16.8. The molecule has 1 aromatic carbocycles. The molecule has 124 valence electrons. The van der Waals surface area contributed by atoms with Crippen molar-refractivity contribution in [2.24, 2.45) is 0 Å². The van der Waals surface area contributed by atoms with Crippen LogP contribution >= 0.6 is 23.2 Å². The van der Waals surface area contributed by atoms with Gasteiger partial charge >= 0.3 is 6.03 Å². The molecule has 0 aromatic heterocycles. The first-order valence-corrected chi connectivity index (χ1v) is 9.03. The molecule has 3 amide bonds. The van der Waals surface area contributed by atoms with Crippen LogP contribution in [0.2, 0.25) is 10.0 Å². The lowest BCUT2D eigenvalue weighted by atomic mass is 9.89. The van der Waals surface area contributed by atoms with Gasteiger partial charge in [0.1, 0.15) is 5.54 Å². The first-order valence-electron chi connectivity index (χ1n) is 6.83. The van der Waals surface area contributed by atoms with E-state index >= 15 is 0 Å². The van der Waals surface area contributed by atoms with E-state index in [1.54, 1.807) is 0 Å². The van der Waals surface area contributed by atoms with E-state index < -0.39 is 27.5 Å². The van der Waals surface area contributed by atoms with Crippen molar-refractivity contribution in [2.45, 2.75) is 23.3 Å². The standard InChI is InChI=1S/C13H13Cl2N3O4S/c14-9-2-1-8(7-10(9)15)23(21,22)18-5-3-13(4-6-18)11(19)16-12(20)17-13/h1-2,7H,3-6H2,(H2,16,17,19,20).